The first-order valence-corrected chi connectivity index (χ1v) is 7.99. The molecule has 0 saturated heterocycles. The SMILES string of the molecule is CS(=O)Cc1c(C(=O)NC2CC2)oc2ccccc12. The van der Waals surface area contributed by atoms with Gasteiger partial charge in [-0.15, -0.1) is 0 Å². The Hall–Kier alpha value is -1.62. The van der Waals surface area contributed by atoms with E-state index in [2.05, 4.69) is 5.32 Å². The standard InChI is InChI=1S/C14H15NO3S/c1-19(17)8-11-10-4-2-3-5-12(10)18-13(11)14(16)15-9-6-7-9/h2-5,9H,6-8H2,1H3,(H,15,16). The number of para-hydroxylation sites is 1. The van der Waals surface area contributed by atoms with Crippen LogP contribution in [0.5, 0.6) is 0 Å². The molecule has 1 aliphatic rings. The van der Waals surface area contributed by atoms with Gasteiger partial charge in [0.15, 0.2) is 5.76 Å². The third-order valence-corrected chi connectivity index (χ3v) is 3.86. The molecule has 0 radical (unpaired) electrons. The normalized spacial score (nSPS) is 16.5. The molecule has 1 saturated carbocycles. The second-order valence-corrected chi connectivity index (χ2v) is 6.31. The maximum absolute atomic E-state index is 12.2. The highest BCUT2D eigenvalue weighted by molar-refractivity contribution is 7.83. The molecule has 1 aromatic carbocycles. The van der Waals surface area contributed by atoms with Crippen LogP contribution in [0.1, 0.15) is 29.0 Å². The minimum Gasteiger partial charge on any atom is -0.451 e. The first-order chi connectivity index (χ1) is 9.15. The zero-order valence-electron chi connectivity index (χ0n) is 10.6. The van der Waals surface area contributed by atoms with Gasteiger partial charge in [-0.3, -0.25) is 9.00 Å². The van der Waals surface area contributed by atoms with E-state index in [1.807, 2.05) is 24.3 Å². The number of amides is 1. The van der Waals surface area contributed by atoms with E-state index in [0.29, 0.717) is 17.1 Å². The average molecular weight is 277 g/mol. The van der Waals surface area contributed by atoms with Crippen molar-refractivity contribution in [2.75, 3.05) is 6.26 Å². The minimum absolute atomic E-state index is 0.195. The van der Waals surface area contributed by atoms with Gasteiger partial charge in [0.1, 0.15) is 5.58 Å². The quantitative estimate of drug-likeness (QED) is 0.932. The Bertz CT molecular complexity index is 658. The van der Waals surface area contributed by atoms with Crippen molar-refractivity contribution in [3.05, 3.63) is 35.6 Å². The molecule has 5 heteroatoms. The summed E-state index contributed by atoms with van der Waals surface area (Å²) < 4.78 is 17.1. The third-order valence-electron chi connectivity index (χ3n) is 3.16. The molecule has 1 N–H and O–H groups in total. The van der Waals surface area contributed by atoms with Crippen LogP contribution in [-0.4, -0.2) is 22.4 Å². The monoisotopic (exact) mass is 277 g/mol. The van der Waals surface area contributed by atoms with E-state index in [9.17, 15) is 9.00 Å². The fourth-order valence-corrected chi connectivity index (χ4v) is 2.80. The van der Waals surface area contributed by atoms with E-state index < -0.39 is 10.8 Å². The lowest BCUT2D eigenvalue weighted by Crippen LogP contribution is -2.25. The van der Waals surface area contributed by atoms with Crippen LogP contribution in [-0.2, 0) is 16.6 Å². The van der Waals surface area contributed by atoms with Crippen molar-refractivity contribution in [1.29, 1.82) is 0 Å². The number of fused-ring (bicyclic) bond motifs is 1. The number of carbonyl (C=O) groups excluding carboxylic acids is 1. The second-order valence-electron chi connectivity index (χ2n) is 4.87. The number of carbonyl (C=O) groups is 1. The Morgan fingerprint density at radius 3 is 2.84 bits per heavy atom. The number of nitrogens with one attached hydrogen (secondary N) is 1. The highest BCUT2D eigenvalue weighted by Gasteiger charge is 2.27. The van der Waals surface area contributed by atoms with Gasteiger partial charge in [0.05, 0.1) is 5.75 Å². The molecular weight excluding hydrogens is 262 g/mol. The molecule has 0 spiro atoms. The Labute approximate surface area is 113 Å². The summed E-state index contributed by atoms with van der Waals surface area (Å²) in [7, 11) is -1.01. The van der Waals surface area contributed by atoms with Crippen LogP contribution in [0.4, 0.5) is 0 Å². The zero-order valence-corrected chi connectivity index (χ0v) is 11.5. The van der Waals surface area contributed by atoms with Crippen LogP contribution >= 0.6 is 0 Å². The molecule has 2 aromatic rings. The third kappa shape index (κ3) is 2.56. The summed E-state index contributed by atoms with van der Waals surface area (Å²) in [6.07, 6.45) is 3.69. The molecule has 1 aromatic heterocycles. The van der Waals surface area contributed by atoms with Gasteiger partial charge < -0.3 is 9.73 Å². The van der Waals surface area contributed by atoms with E-state index >= 15 is 0 Å². The van der Waals surface area contributed by atoms with Crippen LogP contribution in [0.25, 0.3) is 11.0 Å². The van der Waals surface area contributed by atoms with Crippen molar-refractivity contribution in [3.63, 3.8) is 0 Å². The Morgan fingerprint density at radius 1 is 1.42 bits per heavy atom. The minimum atomic E-state index is -1.01. The van der Waals surface area contributed by atoms with Gasteiger partial charge in [-0.05, 0) is 18.9 Å². The Balaban J connectivity index is 2.04. The Morgan fingerprint density at radius 2 is 2.16 bits per heavy atom. The maximum atomic E-state index is 12.2. The molecule has 1 heterocycles. The van der Waals surface area contributed by atoms with E-state index in [4.69, 9.17) is 4.42 Å². The van der Waals surface area contributed by atoms with Gasteiger partial charge in [-0.2, -0.15) is 0 Å². The molecular formula is C14H15NO3S. The molecule has 1 aliphatic carbocycles. The number of furan rings is 1. The van der Waals surface area contributed by atoms with Gasteiger partial charge in [-0.1, -0.05) is 18.2 Å². The van der Waals surface area contributed by atoms with Crippen molar-refractivity contribution in [1.82, 2.24) is 5.32 Å². The fourth-order valence-electron chi connectivity index (χ4n) is 2.11. The van der Waals surface area contributed by atoms with Crippen LogP contribution in [0.2, 0.25) is 0 Å². The highest BCUT2D eigenvalue weighted by atomic mass is 32.2. The van der Waals surface area contributed by atoms with E-state index in [-0.39, 0.29) is 11.9 Å². The molecule has 3 rings (SSSR count). The molecule has 1 amide bonds. The molecule has 1 fully saturated rings. The van der Waals surface area contributed by atoms with Crippen molar-refractivity contribution >= 4 is 27.7 Å². The van der Waals surface area contributed by atoms with Gasteiger partial charge >= 0.3 is 0 Å². The number of hydrogen-bond donors (Lipinski definition) is 1. The largest absolute Gasteiger partial charge is 0.451 e. The highest BCUT2D eigenvalue weighted by Crippen LogP contribution is 2.28. The smallest absolute Gasteiger partial charge is 0.287 e. The number of hydrogen-bond acceptors (Lipinski definition) is 3. The predicted octanol–water partition coefficient (Wildman–Crippen LogP) is 2.20. The second kappa shape index (κ2) is 4.81. The summed E-state index contributed by atoms with van der Waals surface area (Å²) in [5.41, 5.74) is 1.42. The molecule has 1 atom stereocenters. The van der Waals surface area contributed by atoms with Crippen LogP contribution in [0.15, 0.2) is 28.7 Å². The van der Waals surface area contributed by atoms with Crippen LogP contribution in [0.3, 0.4) is 0 Å². The number of benzene rings is 1. The predicted molar refractivity (Wildman–Crippen MR) is 74.5 cm³/mol. The van der Waals surface area contributed by atoms with Crippen LogP contribution < -0.4 is 5.32 Å². The lowest BCUT2D eigenvalue weighted by atomic mass is 10.1. The van der Waals surface area contributed by atoms with Gasteiger partial charge in [0, 0.05) is 34.0 Å². The molecule has 19 heavy (non-hydrogen) atoms. The Kier molecular flexibility index (Phi) is 3.14. The van der Waals surface area contributed by atoms with Crippen molar-refractivity contribution in [2.45, 2.75) is 24.6 Å². The summed E-state index contributed by atoms with van der Waals surface area (Å²) in [6.45, 7) is 0. The van der Waals surface area contributed by atoms with E-state index in [1.165, 1.54) is 0 Å². The lowest BCUT2D eigenvalue weighted by molar-refractivity contribution is 0.0924. The summed E-state index contributed by atoms with van der Waals surface area (Å²) in [4.78, 5) is 12.2. The van der Waals surface area contributed by atoms with Crippen molar-refractivity contribution < 1.29 is 13.4 Å². The summed E-state index contributed by atoms with van der Waals surface area (Å²) in [5, 5.41) is 3.79. The maximum Gasteiger partial charge on any atom is 0.287 e. The van der Waals surface area contributed by atoms with Crippen molar-refractivity contribution in [3.8, 4) is 0 Å². The summed E-state index contributed by atoms with van der Waals surface area (Å²) in [6, 6.07) is 7.75. The summed E-state index contributed by atoms with van der Waals surface area (Å²) in [5.74, 6) is 0.451. The zero-order chi connectivity index (χ0) is 13.4. The molecule has 4 nitrogen and oxygen atoms in total. The van der Waals surface area contributed by atoms with E-state index in [1.54, 1.807) is 6.26 Å². The first kappa shape index (κ1) is 12.4. The first-order valence-electron chi connectivity index (χ1n) is 6.26. The van der Waals surface area contributed by atoms with Gasteiger partial charge in [0.25, 0.3) is 5.91 Å². The topological polar surface area (TPSA) is 59.3 Å². The molecule has 100 valence electrons. The van der Waals surface area contributed by atoms with Gasteiger partial charge in [-0.25, -0.2) is 0 Å². The molecule has 0 bridgehead atoms. The average Bonchev–Trinajstić information content (AvgIpc) is 3.11. The van der Waals surface area contributed by atoms with E-state index in [0.717, 1.165) is 23.8 Å². The lowest BCUT2D eigenvalue weighted by Gasteiger charge is -2.02. The fraction of sp³-hybridized carbons (Fsp3) is 0.357. The number of rotatable bonds is 4. The van der Waals surface area contributed by atoms with Crippen molar-refractivity contribution in [2.24, 2.45) is 0 Å². The molecule has 1 unspecified atom stereocenters. The summed E-state index contributed by atoms with van der Waals surface area (Å²) >= 11 is 0. The van der Waals surface area contributed by atoms with Crippen LogP contribution in [0, 0.1) is 0 Å². The molecule has 0 aliphatic heterocycles. The van der Waals surface area contributed by atoms with Gasteiger partial charge in [0.2, 0.25) is 0 Å².